The topological polar surface area (TPSA) is 68.0 Å². The highest BCUT2D eigenvalue weighted by molar-refractivity contribution is 5.88. The molecular formula is C11H15N3O. The lowest BCUT2D eigenvalue weighted by molar-refractivity contribution is -0.123. The van der Waals surface area contributed by atoms with Crippen LogP contribution >= 0.6 is 0 Å². The molecule has 0 atom stereocenters. The van der Waals surface area contributed by atoms with Crippen LogP contribution < -0.4 is 11.1 Å². The number of nitrogens with zero attached hydrogens (tertiary/aromatic N) is 1. The first-order valence-corrected chi connectivity index (χ1v) is 5.08. The van der Waals surface area contributed by atoms with Crippen molar-refractivity contribution in [2.24, 2.45) is 5.73 Å². The summed E-state index contributed by atoms with van der Waals surface area (Å²) in [6.45, 7) is 2.51. The van der Waals surface area contributed by atoms with Crippen LogP contribution in [0.4, 0.5) is 0 Å². The number of carbonyl (C=O) groups excluding carboxylic acids is 1. The highest BCUT2D eigenvalue weighted by atomic mass is 16.2. The molecule has 0 spiro atoms. The predicted molar refractivity (Wildman–Crippen MR) is 57.0 cm³/mol. The lowest BCUT2D eigenvalue weighted by atomic mass is 10.1. The van der Waals surface area contributed by atoms with Gasteiger partial charge in [-0.05, 0) is 37.0 Å². The Morgan fingerprint density at radius 2 is 2.40 bits per heavy atom. The van der Waals surface area contributed by atoms with E-state index in [-0.39, 0.29) is 5.91 Å². The fraction of sp³-hybridized carbons (Fsp3) is 0.455. The molecule has 3 N–H and O–H groups in total. The maximum Gasteiger partial charge on any atom is 0.240 e. The van der Waals surface area contributed by atoms with E-state index >= 15 is 0 Å². The van der Waals surface area contributed by atoms with Crippen LogP contribution in [0.5, 0.6) is 0 Å². The standard InChI is InChI=1S/C11H15N3O/c1-8-6-13-5-2-9(8)7-14-10(15)11(12)3-4-11/h2,5-6H,3-4,7,12H2,1H3,(H,14,15). The average Bonchev–Trinajstić information content (AvgIpc) is 2.96. The zero-order chi connectivity index (χ0) is 10.9. The van der Waals surface area contributed by atoms with Crippen LogP contribution in [0.3, 0.4) is 0 Å². The third kappa shape index (κ3) is 2.15. The van der Waals surface area contributed by atoms with E-state index < -0.39 is 5.54 Å². The molecule has 0 unspecified atom stereocenters. The summed E-state index contributed by atoms with van der Waals surface area (Å²) in [6, 6.07) is 1.91. The molecule has 0 saturated heterocycles. The van der Waals surface area contributed by atoms with Crippen molar-refractivity contribution in [3.63, 3.8) is 0 Å². The lowest BCUT2D eigenvalue weighted by Gasteiger charge is -2.11. The van der Waals surface area contributed by atoms with Crippen molar-refractivity contribution in [2.75, 3.05) is 0 Å². The van der Waals surface area contributed by atoms with Gasteiger partial charge in [-0.25, -0.2) is 0 Å². The Morgan fingerprint density at radius 1 is 1.67 bits per heavy atom. The first-order valence-electron chi connectivity index (χ1n) is 5.08. The van der Waals surface area contributed by atoms with E-state index in [1.165, 1.54) is 0 Å². The van der Waals surface area contributed by atoms with Gasteiger partial charge >= 0.3 is 0 Å². The molecule has 80 valence electrons. The van der Waals surface area contributed by atoms with E-state index in [1.54, 1.807) is 12.4 Å². The number of aryl methyl sites for hydroxylation is 1. The van der Waals surface area contributed by atoms with Crippen LogP contribution in [0.2, 0.25) is 0 Å². The van der Waals surface area contributed by atoms with Crippen LogP contribution in [0, 0.1) is 6.92 Å². The van der Waals surface area contributed by atoms with Crippen LogP contribution in [-0.2, 0) is 11.3 Å². The molecule has 1 aromatic heterocycles. The Labute approximate surface area is 88.9 Å². The first kappa shape index (κ1) is 10.1. The first-order chi connectivity index (χ1) is 7.12. The van der Waals surface area contributed by atoms with E-state index in [2.05, 4.69) is 10.3 Å². The molecule has 1 aliphatic rings. The molecule has 1 aliphatic carbocycles. The third-order valence-electron chi connectivity index (χ3n) is 2.82. The van der Waals surface area contributed by atoms with E-state index in [0.29, 0.717) is 6.54 Å². The number of carbonyl (C=O) groups is 1. The summed E-state index contributed by atoms with van der Waals surface area (Å²) in [5.74, 6) is -0.0429. The van der Waals surface area contributed by atoms with Crippen molar-refractivity contribution in [3.05, 3.63) is 29.6 Å². The second-order valence-corrected chi connectivity index (χ2v) is 4.14. The monoisotopic (exact) mass is 205 g/mol. The Hall–Kier alpha value is -1.42. The number of amides is 1. The van der Waals surface area contributed by atoms with E-state index in [4.69, 9.17) is 5.73 Å². The van der Waals surface area contributed by atoms with Gasteiger partial charge in [0.15, 0.2) is 0 Å². The fourth-order valence-corrected chi connectivity index (χ4v) is 1.41. The predicted octanol–water partition coefficient (Wildman–Crippen LogP) is 0.498. The van der Waals surface area contributed by atoms with Crippen molar-refractivity contribution in [2.45, 2.75) is 31.8 Å². The van der Waals surface area contributed by atoms with Gasteiger partial charge < -0.3 is 11.1 Å². The number of hydrogen-bond donors (Lipinski definition) is 2. The Morgan fingerprint density at radius 3 is 3.00 bits per heavy atom. The second kappa shape index (κ2) is 3.62. The van der Waals surface area contributed by atoms with Gasteiger partial charge in [0.2, 0.25) is 5.91 Å². The highest BCUT2D eigenvalue weighted by Crippen LogP contribution is 2.32. The van der Waals surface area contributed by atoms with Gasteiger partial charge in [0.1, 0.15) is 0 Å². The summed E-state index contributed by atoms with van der Waals surface area (Å²) in [6.07, 6.45) is 5.11. The Bertz CT molecular complexity index is 385. The third-order valence-corrected chi connectivity index (χ3v) is 2.82. The summed E-state index contributed by atoms with van der Waals surface area (Å²) < 4.78 is 0. The number of nitrogens with one attached hydrogen (secondary N) is 1. The zero-order valence-electron chi connectivity index (χ0n) is 8.79. The van der Waals surface area contributed by atoms with E-state index in [0.717, 1.165) is 24.0 Å². The smallest absolute Gasteiger partial charge is 0.240 e. The van der Waals surface area contributed by atoms with Crippen molar-refractivity contribution < 1.29 is 4.79 Å². The van der Waals surface area contributed by atoms with Crippen LogP contribution in [0.25, 0.3) is 0 Å². The maximum absolute atomic E-state index is 11.6. The minimum absolute atomic E-state index is 0.0429. The number of aromatic nitrogens is 1. The maximum atomic E-state index is 11.6. The van der Waals surface area contributed by atoms with Gasteiger partial charge in [-0.1, -0.05) is 0 Å². The van der Waals surface area contributed by atoms with Crippen molar-refractivity contribution in [1.29, 1.82) is 0 Å². The molecule has 0 aromatic carbocycles. The van der Waals surface area contributed by atoms with E-state index in [9.17, 15) is 4.79 Å². The number of rotatable bonds is 3. The zero-order valence-corrected chi connectivity index (χ0v) is 8.79. The molecule has 4 heteroatoms. The van der Waals surface area contributed by atoms with Gasteiger partial charge in [0.05, 0.1) is 5.54 Å². The summed E-state index contributed by atoms with van der Waals surface area (Å²) in [4.78, 5) is 15.6. The largest absolute Gasteiger partial charge is 0.350 e. The van der Waals surface area contributed by atoms with Gasteiger partial charge in [0, 0.05) is 18.9 Å². The molecular weight excluding hydrogens is 190 g/mol. The summed E-state index contributed by atoms with van der Waals surface area (Å²) in [5.41, 5.74) is 7.35. The van der Waals surface area contributed by atoms with E-state index in [1.807, 2.05) is 13.0 Å². The molecule has 1 saturated carbocycles. The SMILES string of the molecule is Cc1cnccc1CNC(=O)C1(N)CC1. The minimum Gasteiger partial charge on any atom is -0.350 e. The Balaban J connectivity index is 1.93. The molecule has 2 rings (SSSR count). The molecule has 0 radical (unpaired) electrons. The van der Waals surface area contributed by atoms with Crippen LogP contribution in [0.1, 0.15) is 24.0 Å². The van der Waals surface area contributed by atoms with Crippen LogP contribution in [-0.4, -0.2) is 16.4 Å². The molecule has 1 amide bonds. The molecule has 1 aromatic rings. The molecule has 0 bridgehead atoms. The van der Waals surface area contributed by atoms with Crippen molar-refractivity contribution >= 4 is 5.91 Å². The average molecular weight is 205 g/mol. The second-order valence-electron chi connectivity index (χ2n) is 4.14. The quantitative estimate of drug-likeness (QED) is 0.755. The number of nitrogens with two attached hydrogens (primary N) is 1. The summed E-state index contributed by atoms with van der Waals surface area (Å²) in [7, 11) is 0. The van der Waals surface area contributed by atoms with Crippen molar-refractivity contribution in [1.82, 2.24) is 10.3 Å². The summed E-state index contributed by atoms with van der Waals surface area (Å²) in [5, 5.41) is 2.85. The Kier molecular flexibility index (Phi) is 2.44. The molecule has 15 heavy (non-hydrogen) atoms. The fourth-order valence-electron chi connectivity index (χ4n) is 1.41. The molecule has 4 nitrogen and oxygen atoms in total. The highest BCUT2D eigenvalue weighted by Gasteiger charge is 2.45. The molecule has 1 fully saturated rings. The lowest BCUT2D eigenvalue weighted by Crippen LogP contribution is -2.42. The summed E-state index contributed by atoms with van der Waals surface area (Å²) >= 11 is 0. The molecule has 1 heterocycles. The van der Waals surface area contributed by atoms with Gasteiger partial charge in [0.25, 0.3) is 0 Å². The van der Waals surface area contributed by atoms with Gasteiger partial charge in [-0.3, -0.25) is 9.78 Å². The van der Waals surface area contributed by atoms with Gasteiger partial charge in [-0.15, -0.1) is 0 Å². The number of pyridine rings is 1. The molecule has 0 aliphatic heterocycles. The van der Waals surface area contributed by atoms with Gasteiger partial charge in [-0.2, -0.15) is 0 Å². The normalized spacial score (nSPS) is 17.2. The van der Waals surface area contributed by atoms with Crippen molar-refractivity contribution in [3.8, 4) is 0 Å². The number of hydrogen-bond acceptors (Lipinski definition) is 3. The minimum atomic E-state index is -0.582. The van der Waals surface area contributed by atoms with Crippen LogP contribution in [0.15, 0.2) is 18.5 Å².